The van der Waals surface area contributed by atoms with E-state index in [9.17, 15) is 13.9 Å². The van der Waals surface area contributed by atoms with Crippen LogP contribution in [0.2, 0.25) is 5.02 Å². The van der Waals surface area contributed by atoms with E-state index < -0.39 is 17.4 Å². The quantitative estimate of drug-likeness (QED) is 0.611. The number of fused-ring (bicyclic) bond motifs is 2. The molecule has 1 N–H and O–H groups in total. The van der Waals surface area contributed by atoms with Gasteiger partial charge in [-0.2, -0.15) is 0 Å². The van der Waals surface area contributed by atoms with Crippen LogP contribution in [0.15, 0.2) is 42.7 Å². The lowest BCUT2D eigenvalue weighted by atomic mass is 9.74. The maximum absolute atomic E-state index is 14.1. The van der Waals surface area contributed by atoms with Crippen LogP contribution in [0.25, 0.3) is 11.0 Å². The van der Waals surface area contributed by atoms with Gasteiger partial charge in [-0.15, -0.1) is 0 Å². The van der Waals surface area contributed by atoms with Gasteiger partial charge in [-0.3, -0.25) is 4.98 Å². The molecule has 0 spiro atoms. The maximum atomic E-state index is 14.1. The summed E-state index contributed by atoms with van der Waals surface area (Å²) in [4.78, 5) is 4.23. The van der Waals surface area contributed by atoms with Crippen molar-refractivity contribution in [3.8, 4) is 5.75 Å². The zero-order valence-electron chi connectivity index (χ0n) is 16.3. The average Bonchev–Trinajstić information content (AvgIpc) is 3.27. The van der Waals surface area contributed by atoms with Crippen molar-refractivity contribution in [1.82, 2.24) is 9.55 Å². The van der Waals surface area contributed by atoms with Crippen LogP contribution < -0.4 is 4.74 Å². The van der Waals surface area contributed by atoms with Crippen molar-refractivity contribution in [3.63, 3.8) is 0 Å². The topological polar surface area (TPSA) is 47.3 Å². The number of rotatable bonds is 6. The van der Waals surface area contributed by atoms with E-state index in [1.54, 1.807) is 41.2 Å². The van der Waals surface area contributed by atoms with Gasteiger partial charge < -0.3 is 14.4 Å². The van der Waals surface area contributed by atoms with Gasteiger partial charge in [0.25, 0.3) is 6.43 Å². The Hall–Kier alpha value is -2.18. The van der Waals surface area contributed by atoms with Gasteiger partial charge in [0.05, 0.1) is 24.2 Å². The maximum Gasteiger partial charge on any atom is 0.268 e. The number of alkyl halides is 2. The minimum absolute atomic E-state index is 0.159. The Balaban J connectivity index is 1.69. The molecule has 7 heteroatoms. The third-order valence-corrected chi connectivity index (χ3v) is 5.83. The van der Waals surface area contributed by atoms with Crippen LogP contribution >= 0.6 is 11.6 Å². The van der Waals surface area contributed by atoms with Gasteiger partial charge in [0.1, 0.15) is 11.4 Å². The summed E-state index contributed by atoms with van der Waals surface area (Å²) in [6.45, 7) is 3.97. The molecular weight excluding hydrogens is 398 g/mol. The summed E-state index contributed by atoms with van der Waals surface area (Å²) >= 11 is 6.27. The predicted octanol–water partition coefficient (Wildman–Crippen LogP) is 4.99. The number of halogens is 3. The Kier molecular flexibility index (Phi) is 5.03. The fourth-order valence-electron chi connectivity index (χ4n) is 4.29. The Morgan fingerprint density at radius 1 is 1.31 bits per heavy atom. The SMILES string of the molecule is CC(C)(CC(O)(Cn1ccc2ncccc21)C(F)F)c1cc(Cl)cc2c1OCC2. The third-order valence-electron chi connectivity index (χ3n) is 5.61. The van der Waals surface area contributed by atoms with Crippen molar-refractivity contribution in [2.45, 2.75) is 50.7 Å². The summed E-state index contributed by atoms with van der Waals surface area (Å²) in [5.41, 5.74) is 0.102. The second kappa shape index (κ2) is 7.26. The molecule has 0 bridgehead atoms. The first-order chi connectivity index (χ1) is 13.7. The highest BCUT2D eigenvalue weighted by molar-refractivity contribution is 6.30. The molecule has 1 aliphatic rings. The number of pyridine rings is 1. The Bertz CT molecular complexity index is 1050. The van der Waals surface area contributed by atoms with Crippen LogP contribution in [0.4, 0.5) is 8.78 Å². The first-order valence-electron chi connectivity index (χ1n) is 9.56. The fourth-order valence-corrected chi connectivity index (χ4v) is 4.53. The van der Waals surface area contributed by atoms with Crippen LogP contribution in [-0.4, -0.2) is 33.3 Å². The summed E-state index contributed by atoms with van der Waals surface area (Å²) in [7, 11) is 0. The van der Waals surface area contributed by atoms with E-state index in [1.165, 1.54) is 0 Å². The highest BCUT2D eigenvalue weighted by Crippen LogP contribution is 2.44. The minimum atomic E-state index is -2.93. The molecule has 1 atom stereocenters. The molecule has 1 unspecified atom stereocenters. The lowest BCUT2D eigenvalue weighted by molar-refractivity contribution is -0.119. The zero-order valence-corrected chi connectivity index (χ0v) is 17.1. The summed E-state index contributed by atoms with van der Waals surface area (Å²) in [5.74, 6) is 0.701. The third kappa shape index (κ3) is 3.71. The van der Waals surface area contributed by atoms with Crippen molar-refractivity contribution in [2.75, 3.05) is 6.61 Å². The van der Waals surface area contributed by atoms with Crippen LogP contribution in [-0.2, 0) is 18.4 Å². The van der Waals surface area contributed by atoms with Crippen molar-refractivity contribution in [2.24, 2.45) is 0 Å². The Morgan fingerprint density at radius 2 is 2.10 bits per heavy atom. The lowest BCUT2D eigenvalue weighted by Gasteiger charge is -2.37. The van der Waals surface area contributed by atoms with Crippen LogP contribution in [0.5, 0.6) is 5.75 Å². The molecule has 0 saturated carbocycles. The lowest BCUT2D eigenvalue weighted by Crippen LogP contribution is -2.46. The van der Waals surface area contributed by atoms with Gasteiger partial charge in [0.15, 0.2) is 0 Å². The van der Waals surface area contributed by atoms with E-state index >= 15 is 0 Å². The first kappa shape index (κ1) is 20.1. The second-order valence-electron chi connectivity index (χ2n) is 8.36. The smallest absolute Gasteiger partial charge is 0.268 e. The van der Waals surface area contributed by atoms with Crippen molar-refractivity contribution in [1.29, 1.82) is 0 Å². The molecule has 0 amide bonds. The molecule has 3 heterocycles. The molecule has 0 fully saturated rings. The molecule has 0 aliphatic carbocycles. The molecule has 1 aliphatic heterocycles. The number of ether oxygens (including phenoxy) is 1. The number of benzene rings is 1. The van der Waals surface area contributed by atoms with Gasteiger partial charge in [-0.1, -0.05) is 25.4 Å². The Morgan fingerprint density at radius 3 is 2.86 bits per heavy atom. The predicted molar refractivity (Wildman–Crippen MR) is 109 cm³/mol. The summed E-state index contributed by atoms with van der Waals surface area (Å²) in [6.07, 6.45) is 0.977. The van der Waals surface area contributed by atoms with E-state index in [0.717, 1.165) is 17.5 Å². The molecule has 29 heavy (non-hydrogen) atoms. The Labute approximate surface area is 173 Å². The zero-order chi connectivity index (χ0) is 20.8. The molecule has 0 radical (unpaired) electrons. The van der Waals surface area contributed by atoms with E-state index in [1.807, 2.05) is 19.9 Å². The normalized spacial score (nSPS) is 16.1. The van der Waals surface area contributed by atoms with Crippen molar-refractivity contribution >= 4 is 22.6 Å². The van der Waals surface area contributed by atoms with Crippen molar-refractivity contribution in [3.05, 3.63) is 58.9 Å². The highest BCUT2D eigenvalue weighted by atomic mass is 35.5. The number of aromatic nitrogens is 2. The van der Waals surface area contributed by atoms with Gasteiger partial charge in [0.2, 0.25) is 0 Å². The fraction of sp³-hybridized carbons (Fsp3) is 0.409. The molecule has 1 aromatic carbocycles. The average molecular weight is 421 g/mol. The van der Waals surface area contributed by atoms with E-state index in [2.05, 4.69) is 4.98 Å². The van der Waals surface area contributed by atoms with Crippen molar-refractivity contribution < 1.29 is 18.6 Å². The number of hydrogen-bond acceptors (Lipinski definition) is 3. The molecule has 154 valence electrons. The van der Waals surface area contributed by atoms with Gasteiger partial charge in [0, 0.05) is 29.4 Å². The van der Waals surface area contributed by atoms with E-state index in [-0.39, 0.29) is 13.0 Å². The molecule has 2 aromatic heterocycles. The number of hydrogen-bond donors (Lipinski definition) is 1. The molecule has 3 aromatic rings. The standard InChI is InChI=1S/C22H23ClF2N2O2/c1-21(2,16-11-15(23)10-14-6-9-29-19(14)16)12-22(28,20(24)25)13-27-8-5-17-18(27)4-3-7-26-17/h3-5,7-8,10-11,20,28H,6,9,12-13H2,1-2H3. The summed E-state index contributed by atoms with van der Waals surface area (Å²) in [6, 6.07) is 8.91. The molecule has 0 saturated heterocycles. The number of aliphatic hydroxyl groups is 1. The van der Waals surface area contributed by atoms with Crippen LogP contribution in [0.1, 0.15) is 31.4 Å². The largest absolute Gasteiger partial charge is 0.493 e. The van der Waals surface area contributed by atoms with E-state index in [4.69, 9.17) is 16.3 Å². The second-order valence-corrected chi connectivity index (χ2v) is 8.79. The van der Waals surface area contributed by atoms with Gasteiger partial charge in [-0.25, -0.2) is 8.78 Å². The summed E-state index contributed by atoms with van der Waals surface area (Å²) < 4.78 is 35.7. The van der Waals surface area contributed by atoms with Crippen LogP contribution in [0, 0.1) is 0 Å². The van der Waals surface area contributed by atoms with Gasteiger partial charge in [-0.05, 0) is 47.7 Å². The molecular formula is C22H23ClF2N2O2. The first-order valence-corrected chi connectivity index (χ1v) is 9.93. The van der Waals surface area contributed by atoms with E-state index in [0.29, 0.717) is 28.4 Å². The monoisotopic (exact) mass is 420 g/mol. The number of nitrogens with zero attached hydrogens (tertiary/aromatic N) is 2. The van der Waals surface area contributed by atoms with Gasteiger partial charge >= 0.3 is 0 Å². The summed E-state index contributed by atoms with van der Waals surface area (Å²) in [5, 5.41) is 11.6. The highest BCUT2D eigenvalue weighted by Gasteiger charge is 2.45. The molecule has 4 rings (SSSR count). The van der Waals surface area contributed by atoms with Crippen LogP contribution in [0.3, 0.4) is 0 Å². The molecule has 4 nitrogen and oxygen atoms in total. The minimum Gasteiger partial charge on any atom is -0.493 e.